The molecule has 12 heteroatoms. The number of carbonyl (C=O) groups excluding carboxylic acids is 3. The number of halogens is 6. The first-order chi connectivity index (χ1) is 14.3. The molecule has 1 heterocycles. The average molecular weight is 458 g/mol. The zero-order valence-electron chi connectivity index (χ0n) is 16.7. The second kappa shape index (κ2) is 8.50. The number of hydrogen-bond acceptors (Lipinski definition) is 4. The number of imide groups is 1. The van der Waals surface area contributed by atoms with E-state index in [2.05, 4.69) is 10.1 Å². The number of nitrogens with zero attached hydrogens (tertiary/aromatic N) is 1. The van der Waals surface area contributed by atoms with Gasteiger partial charge in [-0.25, -0.2) is 4.79 Å². The predicted octanol–water partition coefficient (Wildman–Crippen LogP) is 3.94. The summed E-state index contributed by atoms with van der Waals surface area (Å²) in [5.74, 6) is -1.32. The van der Waals surface area contributed by atoms with E-state index in [1.807, 2.05) is 0 Å². The van der Waals surface area contributed by atoms with E-state index in [9.17, 15) is 40.7 Å². The van der Waals surface area contributed by atoms with Crippen LogP contribution in [0.15, 0.2) is 0 Å². The van der Waals surface area contributed by atoms with E-state index in [1.165, 1.54) is 0 Å². The van der Waals surface area contributed by atoms with Crippen molar-refractivity contribution in [2.24, 2.45) is 17.3 Å². The molecule has 6 nitrogen and oxygen atoms in total. The molecule has 1 aliphatic heterocycles. The minimum absolute atomic E-state index is 0.123. The van der Waals surface area contributed by atoms with Crippen LogP contribution in [-0.4, -0.2) is 54.4 Å². The molecule has 1 N–H and O–H groups in total. The van der Waals surface area contributed by atoms with Gasteiger partial charge < -0.3 is 9.64 Å². The Labute approximate surface area is 174 Å². The van der Waals surface area contributed by atoms with Crippen molar-refractivity contribution < 1.29 is 45.5 Å². The summed E-state index contributed by atoms with van der Waals surface area (Å²) in [5, 5.41) is 2.44. The van der Waals surface area contributed by atoms with Crippen LogP contribution < -0.4 is 5.32 Å². The van der Waals surface area contributed by atoms with Crippen LogP contribution in [0.1, 0.15) is 51.4 Å². The smallest absolute Gasteiger partial charge is 0.426 e. The number of nitrogens with one attached hydrogen (secondary N) is 1. The van der Waals surface area contributed by atoms with Gasteiger partial charge in [0.25, 0.3) is 6.10 Å². The Balaban J connectivity index is 1.49. The number of piperidine rings is 1. The molecular weight excluding hydrogens is 434 g/mol. The zero-order chi connectivity index (χ0) is 23.0. The van der Waals surface area contributed by atoms with Crippen molar-refractivity contribution in [1.29, 1.82) is 0 Å². The number of alkyl halides is 6. The van der Waals surface area contributed by atoms with Gasteiger partial charge in [0.2, 0.25) is 11.8 Å². The molecule has 3 rings (SSSR count). The summed E-state index contributed by atoms with van der Waals surface area (Å²) in [5.41, 5.74) is -0.485. The topological polar surface area (TPSA) is 75.7 Å². The lowest BCUT2D eigenvalue weighted by Gasteiger charge is -2.33. The highest BCUT2D eigenvalue weighted by atomic mass is 19.4. The Morgan fingerprint density at radius 1 is 0.903 bits per heavy atom. The van der Waals surface area contributed by atoms with Gasteiger partial charge in [-0.05, 0) is 37.5 Å². The highest BCUT2D eigenvalue weighted by molar-refractivity contribution is 5.98. The molecule has 0 bridgehead atoms. The van der Waals surface area contributed by atoms with Crippen molar-refractivity contribution in [3.63, 3.8) is 0 Å². The fourth-order valence-corrected chi connectivity index (χ4v) is 4.58. The van der Waals surface area contributed by atoms with Crippen LogP contribution in [0, 0.1) is 17.3 Å². The van der Waals surface area contributed by atoms with E-state index in [-0.39, 0.29) is 37.8 Å². The standard InChI is InChI=1S/C19H24F6N2O4/c20-18(21,22)15(19(23,24)25)31-16(30)27-8-6-17(7-9-27)10-12(17)14(29)26-13(28)11-4-2-1-3-5-11/h11-12,15H,1-10H2,(H,26,28,29). The van der Waals surface area contributed by atoms with Gasteiger partial charge in [-0.3, -0.25) is 14.9 Å². The molecule has 0 aromatic heterocycles. The van der Waals surface area contributed by atoms with Gasteiger partial charge in [-0.2, -0.15) is 26.3 Å². The Bertz CT molecular complexity index is 695. The molecule has 1 atom stereocenters. The Morgan fingerprint density at radius 2 is 1.45 bits per heavy atom. The lowest BCUT2D eigenvalue weighted by Crippen LogP contribution is -2.49. The molecule has 176 valence electrons. The molecule has 2 saturated carbocycles. The number of hydrogen-bond donors (Lipinski definition) is 1. The van der Waals surface area contributed by atoms with Crippen LogP contribution >= 0.6 is 0 Å². The Hall–Kier alpha value is -2.01. The monoisotopic (exact) mass is 458 g/mol. The highest BCUT2D eigenvalue weighted by Crippen LogP contribution is 2.59. The number of likely N-dealkylation sites (tertiary alicyclic amines) is 1. The van der Waals surface area contributed by atoms with Crippen molar-refractivity contribution in [1.82, 2.24) is 10.2 Å². The third kappa shape index (κ3) is 5.43. The van der Waals surface area contributed by atoms with Crippen molar-refractivity contribution >= 4 is 17.9 Å². The maximum atomic E-state index is 12.6. The van der Waals surface area contributed by atoms with Crippen LogP contribution in [0.4, 0.5) is 31.1 Å². The summed E-state index contributed by atoms with van der Waals surface area (Å²) in [6, 6.07) is 0. The fraction of sp³-hybridized carbons (Fsp3) is 0.842. The first kappa shape index (κ1) is 23.6. The van der Waals surface area contributed by atoms with E-state index < -0.39 is 41.8 Å². The summed E-state index contributed by atoms with van der Waals surface area (Å²) < 4.78 is 79.1. The fourth-order valence-electron chi connectivity index (χ4n) is 4.58. The lowest BCUT2D eigenvalue weighted by molar-refractivity contribution is -0.308. The number of carbonyl (C=O) groups is 3. The maximum absolute atomic E-state index is 12.6. The summed E-state index contributed by atoms with van der Waals surface area (Å²) >= 11 is 0. The summed E-state index contributed by atoms with van der Waals surface area (Å²) in [6.07, 6.45) is -12.1. The Morgan fingerprint density at radius 3 is 1.97 bits per heavy atom. The van der Waals surface area contributed by atoms with Crippen LogP contribution in [0.2, 0.25) is 0 Å². The molecule has 0 radical (unpaired) electrons. The number of ether oxygens (including phenoxy) is 1. The van der Waals surface area contributed by atoms with Crippen molar-refractivity contribution in [3.8, 4) is 0 Å². The zero-order valence-corrected chi connectivity index (χ0v) is 16.7. The van der Waals surface area contributed by atoms with Gasteiger partial charge in [0.05, 0.1) is 0 Å². The Kier molecular flexibility index (Phi) is 6.48. The lowest BCUT2D eigenvalue weighted by atomic mass is 9.88. The number of amides is 3. The molecule has 0 aromatic rings. The summed E-state index contributed by atoms with van der Waals surface area (Å²) in [6.45, 7) is -0.247. The van der Waals surface area contributed by atoms with Crippen molar-refractivity contribution in [3.05, 3.63) is 0 Å². The SMILES string of the molecule is O=C(NC(=O)C1CC12CCN(C(=O)OC(C(F)(F)F)C(F)(F)F)CC2)C1CCCCC1. The second-order valence-corrected chi connectivity index (χ2v) is 8.64. The molecule has 31 heavy (non-hydrogen) atoms. The second-order valence-electron chi connectivity index (χ2n) is 8.64. The first-order valence-corrected chi connectivity index (χ1v) is 10.3. The minimum Gasteiger partial charge on any atom is -0.426 e. The van der Waals surface area contributed by atoms with Gasteiger partial charge in [0.1, 0.15) is 0 Å². The van der Waals surface area contributed by atoms with Crippen LogP contribution in [0.3, 0.4) is 0 Å². The molecule has 3 amide bonds. The van der Waals surface area contributed by atoms with E-state index in [4.69, 9.17) is 0 Å². The minimum atomic E-state index is -5.77. The molecule has 3 fully saturated rings. The average Bonchev–Trinajstić information content (AvgIpc) is 3.38. The van der Waals surface area contributed by atoms with Gasteiger partial charge >= 0.3 is 18.4 Å². The van der Waals surface area contributed by atoms with Crippen LogP contribution in [-0.2, 0) is 14.3 Å². The normalized spacial score (nSPS) is 24.2. The van der Waals surface area contributed by atoms with Gasteiger partial charge in [0, 0.05) is 24.9 Å². The molecule has 0 aromatic carbocycles. The van der Waals surface area contributed by atoms with Crippen molar-refractivity contribution in [2.75, 3.05) is 13.1 Å². The molecule has 1 spiro atoms. The summed E-state index contributed by atoms with van der Waals surface area (Å²) in [7, 11) is 0. The molecule has 1 saturated heterocycles. The van der Waals surface area contributed by atoms with Crippen LogP contribution in [0.5, 0.6) is 0 Å². The molecule has 1 unspecified atom stereocenters. The largest absolute Gasteiger partial charge is 0.434 e. The predicted molar refractivity (Wildman–Crippen MR) is 93.5 cm³/mol. The highest BCUT2D eigenvalue weighted by Gasteiger charge is 2.62. The van der Waals surface area contributed by atoms with Gasteiger partial charge in [0.15, 0.2) is 0 Å². The molecule has 2 aliphatic carbocycles. The number of rotatable bonds is 3. The van der Waals surface area contributed by atoms with E-state index in [1.54, 1.807) is 0 Å². The van der Waals surface area contributed by atoms with Crippen molar-refractivity contribution in [2.45, 2.75) is 69.8 Å². The molecule has 3 aliphatic rings. The quantitative estimate of drug-likeness (QED) is 0.514. The van der Waals surface area contributed by atoms with Crippen LogP contribution in [0.25, 0.3) is 0 Å². The summed E-state index contributed by atoms with van der Waals surface area (Å²) in [4.78, 5) is 37.3. The van der Waals surface area contributed by atoms with Gasteiger partial charge in [-0.15, -0.1) is 0 Å². The van der Waals surface area contributed by atoms with Gasteiger partial charge in [-0.1, -0.05) is 19.3 Å². The third-order valence-electron chi connectivity index (χ3n) is 6.56. The first-order valence-electron chi connectivity index (χ1n) is 10.3. The maximum Gasteiger partial charge on any atom is 0.434 e. The van der Waals surface area contributed by atoms with E-state index in [0.29, 0.717) is 6.42 Å². The third-order valence-corrected chi connectivity index (χ3v) is 6.56. The van der Waals surface area contributed by atoms with E-state index >= 15 is 0 Å². The van der Waals surface area contributed by atoms with E-state index in [0.717, 1.165) is 37.0 Å². The molecular formula is C19H24F6N2O4.